The molecule has 1 aromatic heterocycles. The van der Waals surface area contributed by atoms with Gasteiger partial charge < -0.3 is 9.64 Å². The van der Waals surface area contributed by atoms with E-state index in [4.69, 9.17) is 4.74 Å². The number of aromatic nitrogens is 2. The molecule has 0 unspecified atom stereocenters. The molecule has 1 aliphatic carbocycles. The first-order valence-corrected chi connectivity index (χ1v) is 14.0. The summed E-state index contributed by atoms with van der Waals surface area (Å²) in [7, 11) is -3.70. The van der Waals surface area contributed by atoms with Crippen molar-refractivity contribution in [1.29, 1.82) is 0 Å². The van der Waals surface area contributed by atoms with Crippen LogP contribution in [0.15, 0.2) is 59.5 Å². The maximum Gasteiger partial charge on any atom is 0.316 e. The number of nitrogens with zero attached hydrogens (tertiary/aromatic N) is 4. The van der Waals surface area contributed by atoms with E-state index >= 15 is 0 Å². The van der Waals surface area contributed by atoms with Crippen molar-refractivity contribution in [2.24, 2.45) is 0 Å². The fourth-order valence-electron chi connectivity index (χ4n) is 4.81. The predicted octanol–water partition coefficient (Wildman–Crippen LogP) is 2.99. The second kappa shape index (κ2) is 11.2. The third kappa shape index (κ3) is 5.87. The average molecular weight is 546 g/mol. The maximum absolute atomic E-state index is 13.8. The molecule has 1 N–H and O–H groups in total. The maximum atomic E-state index is 13.8. The van der Waals surface area contributed by atoms with E-state index in [0.29, 0.717) is 18.8 Å². The molecule has 0 radical (unpaired) electrons. The number of piperazine rings is 1. The number of hydrogen-bond acceptors (Lipinski definition) is 6. The summed E-state index contributed by atoms with van der Waals surface area (Å²) in [5.41, 5.74) is 0.618. The quantitative estimate of drug-likeness (QED) is 0.468. The lowest BCUT2D eigenvalue weighted by atomic mass is 10.2. The minimum Gasteiger partial charge on any atom is -0.483 e. The van der Waals surface area contributed by atoms with Crippen LogP contribution in [0.4, 0.5) is 14.5 Å². The molecule has 12 heteroatoms. The molecule has 9 nitrogen and oxygen atoms in total. The zero-order valence-corrected chi connectivity index (χ0v) is 21.5. The minimum absolute atomic E-state index is 0.0456. The van der Waals surface area contributed by atoms with E-state index in [1.807, 2.05) is 35.2 Å². The molecule has 2 aromatic carbocycles. The van der Waals surface area contributed by atoms with Crippen molar-refractivity contribution >= 4 is 15.9 Å². The molecule has 2 fully saturated rings. The van der Waals surface area contributed by atoms with Crippen LogP contribution in [0, 0.1) is 11.6 Å². The largest absolute Gasteiger partial charge is 0.483 e. The van der Waals surface area contributed by atoms with E-state index in [1.165, 1.54) is 10.5 Å². The molecule has 38 heavy (non-hydrogen) atoms. The lowest BCUT2D eigenvalue weighted by Gasteiger charge is -2.35. The van der Waals surface area contributed by atoms with Gasteiger partial charge in [-0.05, 0) is 43.4 Å². The highest BCUT2D eigenvalue weighted by Crippen LogP contribution is 2.30. The molecule has 0 amide bonds. The topological polar surface area (TPSA) is 96.8 Å². The van der Waals surface area contributed by atoms with Crippen molar-refractivity contribution in [1.82, 2.24) is 18.8 Å². The first-order chi connectivity index (χ1) is 18.3. The van der Waals surface area contributed by atoms with Crippen molar-refractivity contribution in [2.75, 3.05) is 31.1 Å². The van der Waals surface area contributed by atoms with Crippen molar-refractivity contribution in [2.45, 2.75) is 38.3 Å². The average Bonchev–Trinajstić information content (AvgIpc) is 3.42. The monoisotopic (exact) mass is 545 g/mol. The first-order valence-electron chi connectivity index (χ1n) is 12.6. The minimum atomic E-state index is -3.70. The van der Waals surface area contributed by atoms with Gasteiger partial charge in [0.25, 0.3) is 10.2 Å². The van der Waals surface area contributed by atoms with Gasteiger partial charge in [-0.25, -0.2) is 8.78 Å². The van der Waals surface area contributed by atoms with E-state index in [-0.39, 0.29) is 37.2 Å². The van der Waals surface area contributed by atoms with Crippen LogP contribution in [-0.2, 0) is 16.8 Å². The molecule has 2 heterocycles. The van der Waals surface area contributed by atoms with E-state index < -0.39 is 27.4 Å². The van der Waals surface area contributed by atoms with Gasteiger partial charge in [0.05, 0.1) is 18.0 Å². The van der Waals surface area contributed by atoms with Gasteiger partial charge in [-0.2, -0.15) is 27.2 Å². The zero-order valence-electron chi connectivity index (χ0n) is 20.7. The van der Waals surface area contributed by atoms with Gasteiger partial charge in [-0.15, -0.1) is 0 Å². The SMILES string of the molecule is O=c1c(OC2CCCC2)c(N2CCN(S(=O)(=O)NCc3ccccc3)CC2)cnn1-c1cc(F)cc(F)c1. The summed E-state index contributed by atoms with van der Waals surface area (Å²) in [6.07, 6.45) is 4.86. The van der Waals surface area contributed by atoms with E-state index in [2.05, 4.69) is 9.82 Å². The van der Waals surface area contributed by atoms with Crippen LogP contribution in [0.5, 0.6) is 5.75 Å². The summed E-state index contributed by atoms with van der Waals surface area (Å²) in [6.45, 7) is 1.21. The van der Waals surface area contributed by atoms with Gasteiger partial charge in [0.2, 0.25) is 5.75 Å². The van der Waals surface area contributed by atoms with Crippen LogP contribution < -0.4 is 19.9 Å². The molecule has 5 rings (SSSR count). The van der Waals surface area contributed by atoms with E-state index in [9.17, 15) is 22.0 Å². The van der Waals surface area contributed by atoms with Gasteiger partial charge in [0.1, 0.15) is 17.3 Å². The van der Waals surface area contributed by atoms with Crippen LogP contribution in [0.3, 0.4) is 0 Å². The normalized spacial score (nSPS) is 17.2. The smallest absolute Gasteiger partial charge is 0.316 e. The molecule has 2 aliphatic rings. The molecule has 3 aromatic rings. The van der Waals surface area contributed by atoms with Crippen molar-refractivity contribution in [3.8, 4) is 11.4 Å². The number of halogens is 2. The fourth-order valence-corrected chi connectivity index (χ4v) is 5.99. The Bertz CT molecular complexity index is 1420. The summed E-state index contributed by atoms with van der Waals surface area (Å²) in [5, 5.41) is 4.18. The molecular weight excluding hydrogens is 516 g/mol. The summed E-state index contributed by atoms with van der Waals surface area (Å²) in [4.78, 5) is 15.3. The van der Waals surface area contributed by atoms with Crippen LogP contribution >= 0.6 is 0 Å². The Morgan fingerprint density at radius 2 is 1.63 bits per heavy atom. The molecule has 0 bridgehead atoms. The number of ether oxygens (including phenoxy) is 1. The van der Waals surface area contributed by atoms with Crippen LogP contribution in [0.1, 0.15) is 31.2 Å². The number of nitrogens with one attached hydrogen (secondary N) is 1. The number of hydrogen-bond donors (Lipinski definition) is 1. The van der Waals surface area contributed by atoms with E-state index in [1.54, 1.807) is 0 Å². The summed E-state index contributed by atoms with van der Waals surface area (Å²) in [5.74, 6) is -1.60. The van der Waals surface area contributed by atoms with Gasteiger partial charge >= 0.3 is 5.56 Å². The molecular formula is C26H29F2N5O4S. The van der Waals surface area contributed by atoms with Crippen molar-refractivity contribution in [3.63, 3.8) is 0 Å². The highest BCUT2D eigenvalue weighted by atomic mass is 32.2. The van der Waals surface area contributed by atoms with Gasteiger partial charge in [-0.1, -0.05) is 30.3 Å². The zero-order chi connectivity index (χ0) is 26.7. The third-order valence-corrected chi connectivity index (χ3v) is 8.37. The number of anilines is 1. The van der Waals surface area contributed by atoms with Crippen LogP contribution in [0.25, 0.3) is 5.69 Å². The van der Waals surface area contributed by atoms with Gasteiger partial charge in [-0.3, -0.25) is 4.79 Å². The van der Waals surface area contributed by atoms with Crippen molar-refractivity contribution in [3.05, 3.63) is 82.3 Å². The Kier molecular flexibility index (Phi) is 7.73. The Morgan fingerprint density at radius 3 is 2.29 bits per heavy atom. The van der Waals surface area contributed by atoms with Crippen molar-refractivity contribution < 1.29 is 21.9 Å². The summed E-state index contributed by atoms with van der Waals surface area (Å²) >= 11 is 0. The Hall–Kier alpha value is -3.35. The lowest BCUT2D eigenvalue weighted by molar-refractivity contribution is 0.205. The first kappa shape index (κ1) is 26.3. The third-order valence-electron chi connectivity index (χ3n) is 6.81. The Balaban J connectivity index is 1.36. The van der Waals surface area contributed by atoms with Gasteiger partial charge in [0, 0.05) is 38.8 Å². The standard InChI is InChI=1S/C26H29F2N5O4S/c27-20-14-21(28)16-22(15-20)33-26(34)25(37-23-8-4-5-9-23)24(18-29-33)31-10-12-32(13-11-31)38(35,36)30-17-19-6-2-1-3-7-19/h1-3,6-7,14-16,18,23,30H,4-5,8-13,17H2. The highest BCUT2D eigenvalue weighted by molar-refractivity contribution is 7.87. The molecule has 1 saturated carbocycles. The Labute approximate surface area is 219 Å². The molecule has 202 valence electrons. The van der Waals surface area contributed by atoms with Crippen LogP contribution in [-0.4, -0.2) is 54.8 Å². The van der Waals surface area contributed by atoms with E-state index in [0.717, 1.165) is 54.1 Å². The van der Waals surface area contributed by atoms with Gasteiger partial charge in [0.15, 0.2) is 0 Å². The fraction of sp³-hybridized carbons (Fsp3) is 0.385. The molecule has 0 atom stereocenters. The second-order valence-electron chi connectivity index (χ2n) is 9.43. The summed E-state index contributed by atoms with van der Waals surface area (Å²) < 4.78 is 64.5. The predicted molar refractivity (Wildman–Crippen MR) is 139 cm³/mol. The lowest BCUT2D eigenvalue weighted by Crippen LogP contribution is -2.52. The highest BCUT2D eigenvalue weighted by Gasteiger charge is 2.30. The second-order valence-corrected chi connectivity index (χ2v) is 11.2. The van der Waals surface area contributed by atoms with Crippen LogP contribution in [0.2, 0.25) is 0 Å². The number of benzene rings is 2. The molecule has 1 saturated heterocycles. The number of rotatable bonds is 8. The summed E-state index contributed by atoms with van der Waals surface area (Å²) in [6, 6.07) is 12.0. The molecule has 0 spiro atoms. The molecule has 1 aliphatic heterocycles. The Morgan fingerprint density at radius 1 is 0.974 bits per heavy atom.